The van der Waals surface area contributed by atoms with Crippen LogP contribution in [0.1, 0.15) is 30.9 Å². The normalized spacial score (nSPS) is 17.5. The minimum Gasteiger partial charge on any atom is -0.379 e. The Kier molecular flexibility index (Phi) is 6.40. The number of aryl methyl sites for hydroxylation is 1. The van der Waals surface area contributed by atoms with Crippen LogP contribution in [0.4, 0.5) is 0 Å². The van der Waals surface area contributed by atoms with Gasteiger partial charge in [0.25, 0.3) is 0 Å². The van der Waals surface area contributed by atoms with E-state index in [2.05, 4.69) is 55.3 Å². The Balaban J connectivity index is 1.88. The summed E-state index contributed by atoms with van der Waals surface area (Å²) in [5, 5.41) is 3.10. The maximum absolute atomic E-state index is 12.6. The fourth-order valence-electron chi connectivity index (χ4n) is 2.88. The molecule has 0 saturated carbocycles. The summed E-state index contributed by atoms with van der Waals surface area (Å²) in [4.78, 5) is 14.9. The summed E-state index contributed by atoms with van der Waals surface area (Å²) < 4.78 is 5.34. The number of nitrogens with one attached hydrogen (secondary N) is 1. The molecule has 1 aromatic rings. The lowest BCUT2D eigenvalue weighted by Crippen LogP contribution is -2.42. The van der Waals surface area contributed by atoms with Crippen molar-refractivity contribution in [1.29, 1.82) is 0 Å². The number of hydrogen-bond acceptors (Lipinski definition) is 3. The molecule has 1 saturated heterocycles. The van der Waals surface area contributed by atoms with Crippen molar-refractivity contribution in [2.24, 2.45) is 5.92 Å². The second kappa shape index (κ2) is 8.30. The van der Waals surface area contributed by atoms with Gasteiger partial charge in [-0.15, -0.1) is 0 Å². The molecule has 4 nitrogen and oxygen atoms in total. The fraction of sp³-hybridized carbons (Fsp3) is 0.611. The molecule has 1 atom stereocenters. The van der Waals surface area contributed by atoms with Gasteiger partial charge in [0.15, 0.2) is 0 Å². The van der Waals surface area contributed by atoms with Crippen molar-refractivity contribution in [1.82, 2.24) is 10.2 Å². The van der Waals surface area contributed by atoms with Gasteiger partial charge in [0.2, 0.25) is 5.91 Å². The van der Waals surface area contributed by atoms with Gasteiger partial charge in [-0.1, -0.05) is 43.7 Å². The molecule has 1 unspecified atom stereocenters. The van der Waals surface area contributed by atoms with E-state index in [0.717, 1.165) is 38.4 Å². The Morgan fingerprint density at radius 3 is 2.45 bits per heavy atom. The van der Waals surface area contributed by atoms with Crippen LogP contribution in [0.15, 0.2) is 24.3 Å². The molecule has 122 valence electrons. The van der Waals surface area contributed by atoms with Gasteiger partial charge in [-0.2, -0.15) is 0 Å². The second-order valence-corrected chi connectivity index (χ2v) is 6.38. The molecule has 0 bridgehead atoms. The average molecular weight is 304 g/mol. The summed E-state index contributed by atoms with van der Waals surface area (Å²) in [7, 11) is 0. The number of amides is 1. The molecule has 1 aliphatic rings. The standard InChI is InChI=1S/C18H28N2O2/c1-14(2)17(16-6-4-15(3)5-7-16)18(21)19-8-9-20-10-12-22-13-11-20/h4-7,14,17H,8-13H2,1-3H3,(H,19,21). The molecule has 0 radical (unpaired) electrons. The monoisotopic (exact) mass is 304 g/mol. The van der Waals surface area contributed by atoms with Gasteiger partial charge in [0.1, 0.15) is 0 Å². The predicted octanol–water partition coefficient (Wildman–Crippen LogP) is 2.18. The number of rotatable bonds is 6. The largest absolute Gasteiger partial charge is 0.379 e. The van der Waals surface area contributed by atoms with E-state index in [-0.39, 0.29) is 17.7 Å². The van der Waals surface area contributed by atoms with E-state index >= 15 is 0 Å². The van der Waals surface area contributed by atoms with E-state index in [1.165, 1.54) is 5.56 Å². The predicted molar refractivity (Wildman–Crippen MR) is 89.0 cm³/mol. The molecule has 2 rings (SSSR count). The number of ether oxygens (including phenoxy) is 1. The smallest absolute Gasteiger partial charge is 0.227 e. The molecule has 1 aliphatic heterocycles. The third-order valence-corrected chi connectivity index (χ3v) is 4.22. The van der Waals surface area contributed by atoms with Crippen LogP contribution >= 0.6 is 0 Å². The summed E-state index contributed by atoms with van der Waals surface area (Å²) in [6.07, 6.45) is 0. The van der Waals surface area contributed by atoms with E-state index in [0.29, 0.717) is 6.54 Å². The molecule has 1 fully saturated rings. The minimum absolute atomic E-state index is 0.0784. The minimum atomic E-state index is -0.0784. The molecule has 22 heavy (non-hydrogen) atoms. The Hall–Kier alpha value is -1.39. The number of nitrogens with zero attached hydrogens (tertiary/aromatic N) is 1. The Labute approximate surface area is 133 Å². The van der Waals surface area contributed by atoms with Crippen LogP contribution in [-0.2, 0) is 9.53 Å². The summed E-state index contributed by atoms with van der Waals surface area (Å²) in [5.41, 5.74) is 2.32. The quantitative estimate of drug-likeness (QED) is 0.876. The maximum Gasteiger partial charge on any atom is 0.227 e. The Morgan fingerprint density at radius 1 is 1.23 bits per heavy atom. The van der Waals surface area contributed by atoms with Crippen molar-refractivity contribution in [3.8, 4) is 0 Å². The summed E-state index contributed by atoms with van der Waals surface area (Å²) in [6.45, 7) is 11.4. The summed E-state index contributed by atoms with van der Waals surface area (Å²) >= 11 is 0. The van der Waals surface area contributed by atoms with E-state index in [4.69, 9.17) is 4.74 Å². The van der Waals surface area contributed by atoms with Crippen LogP contribution < -0.4 is 5.32 Å². The molecule has 1 N–H and O–H groups in total. The van der Waals surface area contributed by atoms with Crippen LogP contribution in [0, 0.1) is 12.8 Å². The Bertz CT molecular complexity index is 464. The zero-order valence-corrected chi connectivity index (χ0v) is 14.0. The van der Waals surface area contributed by atoms with Crippen molar-refractivity contribution >= 4 is 5.91 Å². The van der Waals surface area contributed by atoms with Crippen LogP contribution in [0.25, 0.3) is 0 Å². The maximum atomic E-state index is 12.6. The van der Waals surface area contributed by atoms with Crippen molar-refractivity contribution < 1.29 is 9.53 Å². The number of carbonyl (C=O) groups excluding carboxylic acids is 1. The Morgan fingerprint density at radius 2 is 1.86 bits per heavy atom. The lowest BCUT2D eigenvalue weighted by molar-refractivity contribution is -0.123. The van der Waals surface area contributed by atoms with Crippen molar-refractivity contribution in [3.63, 3.8) is 0 Å². The first-order valence-corrected chi connectivity index (χ1v) is 8.22. The molecule has 4 heteroatoms. The number of hydrogen-bond donors (Lipinski definition) is 1. The third-order valence-electron chi connectivity index (χ3n) is 4.22. The molecule has 1 aromatic carbocycles. The highest BCUT2D eigenvalue weighted by molar-refractivity contribution is 5.83. The molecule has 1 amide bonds. The van der Waals surface area contributed by atoms with E-state index < -0.39 is 0 Å². The van der Waals surface area contributed by atoms with Crippen molar-refractivity contribution in [2.75, 3.05) is 39.4 Å². The van der Waals surface area contributed by atoms with Gasteiger partial charge in [-0.25, -0.2) is 0 Å². The van der Waals surface area contributed by atoms with Gasteiger partial charge < -0.3 is 10.1 Å². The third kappa shape index (κ3) is 4.82. The van der Waals surface area contributed by atoms with E-state index in [9.17, 15) is 4.79 Å². The summed E-state index contributed by atoms with van der Waals surface area (Å²) in [6, 6.07) is 8.29. The first-order valence-electron chi connectivity index (χ1n) is 8.22. The van der Waals surface area contributed by atoms with E-state index in [1.807, 2.05) is 0 Å². The fourth-order valence-corrected chi connectivity index (χ4v) is 2.88. The number of carbonyl (C=O) groups is 1. The van der Waals surface area contributed by atoms with Crippen LogP contribution in [0.5, 0.6) is 0 Å². The topological polar surface area (TPSA) is 41.6 Å². The second-order valence-electron chi connectivity index (χ2n) is 6.38. The van der Waals surface area contributed by atoms with Gasteiger partial charge in [-0.05, 0) is 18.4 Å². The van der Waals surface area contributed by atoms with Gasteiger partial charge in [0, 0.05) is 26.2 Å². The van der Waals surface area contributed by atoms with Crippen molar-refractivity contribution in [2.45, 2.75) is 26.7 Å². The molecule has 0 aromatic heterocycles. The number of benzene rings is 1. The lowest BCUT2D eigenvalue weighted by atomic mass is 9.87. The highest BCUT2D eigenvalue weighted by Gasteiger charge is 2.24. The van der Waals surface area contributed by atoms with Crippen LogP contribution in [0.3, 0.4) is 0 Å². The first-order chi connectivity index (χ1) is 10.6. The SMILES string of the molecule is Cc1ccc(C(C(=O)NCCN2CCOCC2)C(C)C)cc1. The zero-order chi connectivity index (χ0) is 15.9. The van der Waals surface area contributed by atoms with Gasteiger partial charge >= 0.3 is 0 Å². The van der Waals surface area contributed by atoms with Crippen molar-refractivity contribution in [3.05, 3.63) is 35.4 Å². The molecular weight excluding hydrogens is 276 g/mol. The number of morpholine rings is 1. The lowest BCUT2D eigenvalue weighted by Gasteiger charge is -2.27. The zero-order valence-electron chi connectivity index (χ0n) is 14.0. The molecule has 0 spiro atoms. The highest BCUT2D eigenvalue weighted by atomic mass is 16.5. The van der Waals surface area contributed by atoms with E-state index in [1.54, 1.807) is 0 Å². The van der Waals surface area contributed by atoms with Gasteiger partial charge in [-0.3, -0.25) is 9.69 Å². The summed E-state index contributed by atoms with van der Waals surface area (Å²) in [5.74, 6) is 0.337. The molecule has 0 aliphatic carbocycles. The van der Waals surface area contributed by atoms with Crippen LogP contribution in [-0.4, -0.2) is 50.2 Å². The van der Waals surface area contributed by atoms with Gasteiger partial charge in [0.05, 0.1) is 19.1 Å². The first kappa shape index (κ1) is 17.0. The highest BCUT2D eigenvalue weighted by Crippen LogP contribution is 2.24. The molecule has 1 heterocycles. The van der Waals surface area contributed by atoms with Crippen LogP contribution in [0.2, 0.25) is 0 Å². The molecular formula is C18H28N2O2. The average Bonchev–Trinajstić information content (AvgIpc) is 2.50.